The van der Waals surface area contributed by atoms with E-state index in [1.54, 1.807) is 12.1 Å². The molecule has 0 unspecified atom stereocenters. The maximum atomic E-state index is 12.7. The van der Waals surface area contributed by atoms with E-state index in [2.05, 4.69) is 5.32 Å². The lowest BCUT2D eigenvalue weighted by Gasteiger charge is -2.12. The molecule has 136 valence electrons. The molecule has 1 amide bonds. The van der Waals surface area contributed by atoms with Gasteiger partial charge < -0.3 is 9.73 Å². The lowest BCUT2D eigenvalue weighted by atomic mass is 10.2. The number of alkyl halides is 3. The number of amides is 1. The topological polar surface area (TPSA) is 88.4 Å². The van der Waals surface area contributed by atoms with Gasteiger partial charge in [0.25, 0.3) is 0 Å². The van der Waals surface area contributed by atoms with Gasteiger partial charge in [-0.3, -0.25) is 4.79 Å². The summed E-state index contributed by atoms with van der Waals surface area (Å²) in [5.41, 5.74) is -1.17. The average Bonchev–Trinajstić information content (AvgIpc) is 3.03. The Labute approximate surface area is 146 Å². The molecule has 11 heteroatoms. The predicted octanol–water partition coefficient (Wildman–Crippen LogP) is 2.55. The van der Waals surface area contributed by atoms with Crippen molar-refractivity contribution in [3.63, 3.8) is 0 Å². The zero-order chi connectivity index (χ0) is 18.7. The van der Waals surface area contributed by atoms with Gasteiger partial charge in [-0.15, -0.1) is 0 Å². The van der Waals surface area contributed by atoms with Crippen molar-refractivity contribution in [2.45, 2.75) is 17.6 Å². The Bertz CT molecular complexity index is 851. The second-order valence-corrected chi connectivity index (χ2v) is 6.97. The lowest BCUT2D eigenvalue weighted by molar-refractivity contribution is -0.137. The molecule has 0 aliphatic carbocycles. The molecular weight excluding hydrogens is 385 g/mol. The van der Waals surface area contributed by atoms with E-state index in [0.717, 1.165) is 6.07 Å². The number of benzene rings is 1. The van der Waals surface area contributed by atoms with Crippen molar-refractivity contribution in [2.24, 2.45) is 0 Å². The van der Waals surface area contributed by atoms with Crippen LogP contribution in [0.15, 0.2) is 45.9 Å². The zero-order valence-corrected chi connectivity index (χ0v) is 14.0. The molecule has 1 heterocycles. The number of hydrogen-bond acceptors (Lipinski definition) is 4. The molecule has 0 saturated carbocycles. The van der Waals surface area contributed by atoms with Gasteiger partial charge in [0.2, 0.25) is 15.9 Å². The second-order valence-electron chi connectivity index (χ2n) is 4.82. The first-order chi connectivity index (χ1) is 11.6. The summed E-state index contributed by atoms with van der Waals surface area (Å²) in [5.74, 6) is -0.236. The number of carbonyl (C=O) groups is 1. The molecule has 0 aliphatic heterocycles. The molecule has 2 rings (SSSR count). The van der Waals surface area contributed by atoms with Gasteiger partial charge in [0, 0.05) is 0 Å². The summed E-state index contributed by atoms with van der Waals surface area (Å²) in [7, 11) is -4.41. The Hall–Kier alpha value is -2.04. The smallest absolute Gasteiger partial charge is 0.416 e. The highest BCUT2D eigenvalue weighted by Gasteiger charge is 2.32. The van der Waals surface area contributed by atoms with Gasteiger partial charge in [-0.25, -0.2) is 13.1 Å². The number of nitrogens with one attached hydrogen (secondary N) is 2. The van der Waals surface area contributed by atoms with Crippen LogP contribution in [0.4, 0.5) is 13.2 Å². The fourth-order valence-electron chi connectivity index (χ4n) is 1.79. The third kappa shape index (κ3) is 5.21. The van der Waals surface area contributed by atoms with E-state index in [1.807, 2.05) is 4.72 Å². The van der Waals surface area contributed by atoms with Crippen molar-refractivity contribution in [1.29, 1.82) is 0 Å². The minimum absolute atomic E-state index is 0.0396. The first kappa shape index (κ1) is 19.3. The number of sulfonamides is 1. The molecule has 1 aromatic carbocycles. The number of furan rings is 1. The highest BCUT2D eigenvalue weighted by atomic mass is 35.5. The van der Waals surface area contributed by atoms with E-state index >= 15 is 0 Å². The van der Waals surface area contributed by atoms with Crippen LogP contribution < -0.4 is 10.0 Å². The summed E-state index contributed by atoms with van der Waals surface area (Å²) in [6, 6.07) is 5.12. The summed E-state index contributed by atoms with van der Waals surface area (Å²) in [6.45, 7) is -0.631. The minimum atomic E-state index is -4.73. The molecular formula is C14H12ClF3N2O4S. The largest absolute Gasteiger partial charge is 0.467 e. The highest BCUT2D eigenvalue weighted by molar-refractivity contribution is 7.89. The van der Waals surface area contributed by atoms with Crippen LogP contribution in [-0.4, -0.2) is 20.9 Å². The normalized spacial score (nSPS) is 12.2. The Morgan fingerprint density at radius 3 is 2.56 bits per heavy atom. The molecule has 6 nitrogen and oxygen atoms in total. The van der Waals surface area contributed by atoms with Crippen molar-refractivity contribution in [2.75, 3.05) is 6.54 Å². The maximum Gasteiger partial charge on any atom is 0.416 e. The number of hydrogen-bond donors (Lipinski definition) is 2. The van der Waals surface area contributed by atoms with E-state index in [4.69, 9.17) is 16.0 Å². The van der Waals surface area contributed by atoms with Crippen molar-refractivity contribution in [3.8, 4) is 0 Å². The van der Waals surface area contributed by atoms with Crippen molar-refractivity contribution in [3.05, 3.63) is 52.9 Å². The molecule has 2 aromatic rings. The SMILES string of the molecule is O=C(CNS(=O)(=O)c1cc(C(F)(F)F)ccc1Cl)NCc1ccco1. The highest BCUT2D eigenvalue weighted by Crippen LogP contribution is 2.33. The van der Waals surface area contributed by atoms with Gasteiger partial charge >= 0.3 is 6.18 Å². The summed E-state index contributed by atoms with van der Waals surface area (Å²) in [5, 5.41) is 1.99. The molecule has 2 N–H and O–H groups in total. The van der Waals surface area contributed by atoms with Crippen LogP contribution in [-0.2, 0) is 27.5 Å². The molecule has 0 aliphatic rings. The third-order valence-corrected chi connectivity index (χ3v) is 4.89. The summed E-state index contributed by atoms with van der Waals surface area (Å²) in [6.07, 6.45) is -3.32. The van der Waals surface area contributed by atoms with Crippen LogP contribution in [0, 0.1) is 0 Å². The van der Waals surface area contributed by atoms with E-state index in [1.165, 1.54) is 6.26 Å². The molecule has 0 atom stereocenters. The maximum absolute atomic E-state index is 12.7. The minimum Gasteiger partial charge on any atom is -0.467 e. The Balaban J connectivity index is 2.05. The number of rotatable bonds is 6. The average molecular weight is 397 g/mol. The van der Waals surface area contributed by atoms with Gasteiger partial charge in [0.1, 0.15) is 10.7 Å². The monoisotopic (exact) mass is 396 g/mol. The van der Waals surface area contributed by atoms with Crippen LogP contribution in [0.5, 0.6) is 0 Å². The zero-order valence-electron chi connectivity index (χ0n) is 12.4. The molecule has 1 aromatic heterocycles. The second kappa shape index (κ2) is 7.46. The van der Waals surface area contributed by atoms with E-state index < -0.39 is 44.1 Å². The molecule has 0 radical (unpaired) electrons. The molecule has 0 bridgehead atoms. The first-order valence-corrected chi connectivity index (χ1v) is 8.61. The lowest BCUT2D eigenvalue weighted by Crippen LogP contribution is -2.36. The molecule has 25 heavy (non-hydrogen) atoms. The van der Waals surface area contributed by atoms with Crippen LogP contribution >= 0.6 is 11.6 Å². The fraction of sp³-hybridized carbons (Fsp3) is 0.214. The first-order valence-electron chi connectivity index (χ1n) is 6.75. The Morgan fingerprint density at radius 2 is 1.96 bits per heavy atom. The van der Waals surface area contributed by atoms with Crippen molar-refractivity contribution in [1.82, 2.24) is 10.0 Å². The third-order valence-electron chi connectivity index (χ3n) is 3.01. The summed E-state index contributed by atoms with van der Waals surface area (Å²) >= 11 is 5.68. The quantitative estimate of drug-likeness (QED) is 0.785. The van der Waals surface area contributed by atoms with Crippen molar-refractivity contribution < 1.29 is 30.8 Å². The fourth-order valence-corrected chi connectivity index (χ4v) is 3.29. The predicted molar refractivity (Wildman–Crippen MR) is 82.2 cm³/mol. The Morgan fingerprint density at radius 1 is 1.24 bits per heavy atom. The molecule has 0 saturated heterocycles. The summed E-state index contributed by atoms with van der Waals surface area (Å²) < 4.78 is 69.2. The Kier molecular flexibility index (Phi) is 5.76. The van der Waals surface area contributed by atoms with Crippen LogP contribution in [0.2, 0.25) is 5.02 Å². The van der Waals surface area contributed by atoms with Crippen LogP contribution in [0.25, 0.3) is 0 Å². The standard InChI is InChI=1S/C14H12ClF3N2O4S/c15-11-4-3-9(14(16,17)18)6-12(11)25(22,23)20-8-13(21)19-7-10-2-1-5-24-10/h1-6,20H,7-8H2,(H,19,21). The van der Waals surface area contributed by atoms with Crippen LogP contribution in [0.1, 0.15) is 11.3 Å². The molecule has 0 spiro atoms. The van der Waals surface area contributed by atoms with Gasteiger partial charge in [0.15, 0.2) is 0 Å². The molecule has 0 fully saturated rings. The van der Waals surface area contributed by atoms with E-state index in [-0.39, 0.29) is 6.54 Å². The van der Waals surface area contributed by atoms with Gasteiger partial charge in [-0.05, 0) is 30.3 Å². The van der Waals surface area contributed by atoms with Crippen molar-refractivity contribution >= 4 is 27.5 Å². The van der Waals surface area contributed by atoms with Crippen LogP contribution in [0.3, 0.4) is 0 Å². The van der Waals surface area contributed by atoms with Gasteiger partial charge in [0.05, 0.1) is 29.9 Å². The van der Waals surface area contributed by atoms with E-state index in [0.29, 0.717) is 17.9 Å². The van der Waals surface area contributed by atoms with Gasteiger partial charge in [-0.2, -0.15) is 13.2 Å². The number of halogens is 4. The van der Waals surface area contributed by atoms with E-state index in [9.17, 15) is 26.4 Å². The number of carbonyl (C=O) groups excluding carboxylic acids is 1. The van der Waals surface area contributed by atoms with Gasteiger partial charge in [-0.1, -0.05) is 11.6 Å². The summed E-state index contributed by atoms with van der Waals surface area (Å²) in [4.78, 5) is 10.9.